The predicted molar refractivity (Wildman–Crippen MR) is 49.3 cm³/mol. The van der Waals surface area contributed by atoms with Crippen LogP contribution in [0.4, 0.5) is 0 Å². The Morgan fingerprint density at radius 3 is 1.60 bits per heavy atom. The van der Waals surface area contributed by atoms with Gasteiger partial charge in [0, 0.05) is 6.04 Å². The van der Waals surface area contributed by atoms with E-state index in [1.54, 1.807) is 0 Å². The molecule has 0 heterocycles. The largest absolute Gasteiger partial charge is 0.307 e. The molecule has 0 saturated heterocycles. The molecule has 64 valence electrons. The Labute approximate surface area is 66.4 Å². The van der Waals surface area contributed by atoms with Gasteiger partial charge in [-0.15, -0.1) is 0 Å². The lowest BCUT2D eigenvalue weighted by Gasteiger charge is -2.21. The monoisotopic (exact) mass is 145 g/mol. The molecule has 0 spiro atoms. The Morgan fingerprint density at radius 2 is 1.50 bits per heavy atom. The molecule has 10 heavy (non-hydrogen) atoms. The molecule has 0 fully saturated rings. The van der Waals surface area contributed by atoms with Gasteiger partial charge in [-0.2, -0.15) is 0 Å². The lowest BCUT2D eigenvalue weighted by Crippen LogP contribution is -2.25. The summed E-state index contributed by atoms with van der Waals surface area (Å²) in [6.45, 7) is 6.79. The van der Waals surface area contributed by atoms with Crippen LogP contribution >= 0.6 is 0 Å². The summed E-state index contributed by atoms with van der Waals surface area (Å²) in [4.78, 5) is 2.26. The maximum atomic E-state index is 2.26. The lowest BCUT2D eigenvalue weighted by atomic mass is 10.1. The first-order valence-corrected chi connectivity index (χ1v) is 3.70. The van der Waals surface area contributed by atoms with E-state index in [0.717, 1.165) is 12.0 Å². The summed E-state index contributed by atoms with van der Waals surface area (Å²) in [6, 6.07) is 0.727. The first-order chi connectivity index (χ1) is 4.04. The molecule has 1 heteroatoms. The standard InChI is InChI=1S/C8H19N.CH4/c1-7(2)6-8(3)9(4)5;/h7-8H,6H2,1-5H3;1H4/t8-;/m1./s1. The van der Waals surface area contributed by atoms with E-state index < -0.39 is 0 Å². The van der Waals surface area contributed by atoms with Gasteiger partial charge in [0.15, 0.2) is 0 Å². The van der Waals surface area contributed by atoms with E-state index in [4.69, 9.17) is 0 Å². The summed E-state index contributed by atoms with van der Waals surface area (Å²) in [5.74, 6) is 0.822. The molecule has 0 rings (SSSR count). The van der Waals surface area contributed by atoms with Crippen LogP contribution in [0.15, 0.2) is 0 Å². The van der Waals surface area contributed by atoms with Crippen LogP contribution in [0, 0.1) is 5.92 Å². The van der Waals surface area contributed by atoms with Gasteiger partial charge in [-0.3, -0.25) is 0 Å². The van der Waals surface area contributed by atoms with Crippen molar-refractivity contribution < 1.29 is 0 Å². The second-order valence-electron chi connectivity index (χ2n) is 3.44. The number of hydrogen-bond donors (Lipinski definition) is 0. The van der Waals surface area contributed by atoms with Gasteiger partial charge < -0.3 is 4.90 Å². The third-order valence-corrected chi connectivity index (χ3v) is 1.69. The lowest BCUT2D eigenvalue weighted by molar-refractivity contribution is 0.274. The molecule has 0 aromatic carbocycles. The molecule has 0 N–H and O–H groups in total. The Hall–Kier alpha value is -0.0400. The number of rotatable bonds is 3. The van der Waals surface area contributed by atoms with Gasteiger partial charge in [0.1, 0.15) is 0 Å². The number of nitrogens with zero attached hydrogens (tertiary/aromatic N) is 1. The second-order valence-corrected chi connectivity index (χ2v) is 3.44. The average Bonchev–Trinajstić information content (AvgIpc) is 1.63. The second kappa shape index (κ2) is 5.72. The van der Waals surface area contributed by atoms with Crippen molar-refractivity contribution in [2.24, 2.45) is 5.92 Å². The molecule has 0 aliphatic carbocycles. The van der Waals surface area contributed by atoms with Gasteiger partial charge in [-0.25, -0.2) is 0 Å². The first kappa shape index (κ1) is 12.6. The zero-order valence-electron chi connectivity index (χ0n) is 7.31. The average molecular weight is 145 g/mol. The molecule has 0 aliphatic heterocycles. The Bertz CT molecular complexity index is 67.1. The summed E-state index contributed by atoms with van der Waals surface area (Å²) >= 11 is 0. The minimum atomic E-state index is 0. The van der Waals surface area contributed by atoms with Crippen LogP contribution in [0.3, 0.4) is 0 Å². The Morgan fingerprint density at radius 1 is 1.10 bits per heavy atom. The van der Waals surface area contributed by atoms with Gasteiger partial charge in [0.25, 0.3) is 0 Å². The highest BCUT2D eigenvalue weighted by Gasteiger charge is 2.05. The van der Waals surface area contributed by atoms with Gasteiger partial charge in [-0.05, 0) is 33.4 Å². The third kappa shape index (κ3) is 6.09. The molecule has 0 saturated carbocycles. The molecular weight excluding hydrogens is 122 g/mol. The van der Waals surface area contributed by atoms with Crippen molar-refractivity contribution in [3.05, 3.63) is 0 Å². The molecular formula is C9H23N. The van der Waals surface area contributed by atoms with Crippen molar-refractivity contribution in [1.82, 2.24) is 4.90 Å². The molecule has 0 aromatic heterocycles. The van der Waals surface area contributed by atoms with Crippen LogP contribution in [-0.4, -0.2) is 25.0 Å². The zero-order chi connectivity index (χ0) is 7.44. The molecule has 0 aromatic rings. The first-order valence-electron chi connectivity index (χ1n) is 3.70. The maximum Gasteiger partial charge on any atom is 0.00632 e. The molecule has 0 radical (unpaired) electrons. The zero-order valence-corrected chi connectivity index (χ0v) is 7.31. The van der Waals surface area contributed by atoms with Crippen molar-refractivity contribution in [1.29, 1.82) is 0 Å². The summed E-state index contributed by atoms with van der Waals surface area (Å²) in [7, 11) is 4.26. The van der Waals surface area contributed by atoms with Crippen LogP contribution in [-0.2, 0) is 0 Å². The van der Waals surface area contributed by atoms with Crippen LogP contribution < -0.4 is 0 Å². The van der Waals surface area contributed by atoms with E-state index in [0.29, 0.717) is 0 Å². The van der Waals surface area contributed by atoms with Crippen molar-refractivity contribution in [3.63, 3.8) is 0 Å². The highest BCUT2D eigenvalue weighted by Crippen LogP contribution is 2.06. The summed E-state index contributed by atoms with van der Waals surface area (Å²) in [5.41, 5.74) is 0. The minimum Gasteiger partial charge on any atom is -0.307 e. The summed E-state index contributed by atoms with van der Waals surface area (Å²) in [6.07, 6.45) is 1.30. The number of hydrogen-bond acceptors (Lipinski definition) is 1. The highest BCUT2D eigenvalue weighted by molar-refractivity contribution is 4.60. The normalized spacial score (nSPS) is 13.5. The third-order valence-electron chi connectivity index (χ3n) is 1.69. The van der Waals surface area contributed by atoms with E-state index >= 15 is 0 Å². The van der Waals surface area contributed by atoms with E-state index in [2.05, 4.69) is 39.8 Å². The molecule has 0 amide bonds. The van der Waals surface area contributed by atoms with E-state index in [1.807, 2.05) is 0 Å². The summed E-state index contributed by atoms with van der Waals surface area (Å²) < 4.78 is 0. The van der Waals surface area contributed by atoms with Crippen LogP contribution in [0.5, 0.6) is 0 Å². The molecule has 1 atom stereocenters. The molecule has 1 nitrogen and oxygen atoms in total. The Balaban J connectivity index is 0. The van der Waals surface area contributed by atoms with Crippen molar-refractivity contribution >= 4 is 0 Å². The van der Waals surface area contributed by atoms with Crippen LogP contribution in [0.25, 0.3) is 0 Å². The van der Waals surface area contributed by atoms with Crippen molar-refractivity contribution in [2.75, 3.05) is 14.1 Å². The SMILES string of the molecule is C.CC(C)C[C@@H](C)N(C)C. The van der Waals surface area contributed by atoms with Gasteiger partial charge >= 0.3 is 0 Å². The quantitative estimate of drug-likeness (QED) is 0.590. The maximum absolute atomic E-state index is 2.26. The molecule has 0 aliphatic rings. The Kier molecular flexibility index (Phi) is 7.22. The fourth-order valence-electron chi connectivity index (χ4n) is 0.893. The molecule has 0 unspecified atom stereocenters. The highest BCUT2D eigenvalue weighted by atomic mass is 15.1. The fourth-order valence-corrected chi connectivity index (χ4v) is 0.893. The van der Waals surface area contributed by atoms with E-state index in [9.17, 15) is 0 Å². The van der Waals surface area contributed by atoms with E-state index in [-0.39, 0.29) is 7.43 Å². The fraction of sp³-hybridized carbons (Fsp3) is 1.00. The summed E-state index contributed by atoms with van der Waals surface area (Å²) in [5, 5.41) is 0. The van der Waals surface area contributed by atoms with Crippen LogP contribution in [0.1, 0.15) is 34.6 Å². The van der Waals surface area contributed by atoms with Crippen LogP contribution in [0.2, 0.25) is 0 Å². The smallest absolute Gasteiger partial charge is 0.00632 e. The van der Waals surface area contributed by atoms with Gasteiger partial charge in [0.05, 0.1) is 0 Å². The van der Waals surface area contributed by atoms with Crippen molar-refractivity contribution in [3.8, 4) is 0 Å². The molecule has 0 bridgehead atoms. The van der Waals surface area contributed by atoms with E-state index in [1.165, 1.54) is 6.42 Å². The topological polar surface area (TPSA) is 3.24 Å². The predicted octanol–water partition coefficient (Wildman–Crippen LogP) is 2.62. The van der Waals surface area contributed by atoms with Gasteiger partial charge in [0.2, 0.25) is 0 Å². The van der Waals surface area contributed by atoms with Crippen molar-refractivity contribution in [2.45, 2.75) is 40.7 Å². The van der Waals surface area contributed by atoms with Gasteiger partial charge in [-0.1, -0.05) is 21.3 Å². The minimum absolute atomic E-state index is 0.